The van der Waals surface area contributed by atoms with Crippen molar-refractivity contribution in [1.29, 1.82) is 0 Å². The smallest absolute Gasteiger partial charge is 0.161 e. The number of hydrogen-bond acceptors (Lipinski definition) is 4. The third kappa shape index (κ3) is 3.40. The minimum atomic E-state index is 0.622. The van der Waals surface area contributed by atoms with Gasteiger partial charge in [0, 0.05) is 17.9 Å². The van der Waals surface area contributed by atoms with Crippen molar-refractivity contribution in [1.82, 2.24) is 0 Å². The number of rotatable bonds is 4. The van der Waals surface area contributed by atoms with E-state index in [0.717, 1.165) is 41.4 Å². The molecule has 0 spiro atoms. The van der Waals surface area contributed by atoms with Crippen molar-refractivity contribution >= 4 is 11.4 Å². The van der Waals surface area contributed by atoms with Crippen molar-refractivity contribution in [3.63, 3.8) is 0 Å². The van der Waals surface area contributed by atoms with Crippen LogP contribution >= 0.6 is 0 Å². The molecule has 3 rings (SSSR count). The molecule has 0 bridgehead atoms. The predicted molar refractivity (Wildman–Crippen MR) is 85.2 cm³/mol. The Bertz CT molecular complexity index is 620. The summed E-state index contributed by atoms with van der Waals surface area (Å²) in [7, 11) is 0. The number of nitrogens with one attached hydrogen (secondary N) is 1. The molecule has 0 saturated carbocycles. The summed E-state index contributed by atoms with van der Waals surface area (Å²) in [6.07, 6.45) is 0.921. The molecule has 0 saturated heterocycles. The van der Waals surface area contributed by atoms with Gasteiger partial charge in [0.25, 0.3) is 0 Å². The number of fused-ring (bicyclic) bond motifs is 1. The van der Waals surface area contributed by atoms with Gasteiger partial charge in [0.2, 0.25) is 0 Å². The molecule has 4 nitrogen and oxygen atoms in total. The molecule has 1 aliphatic rings. The van der Waals surface area contributed by atoms with Crippen LogP contribution < -0.4 is 20.5 Å². The van der Waals surface area contributed by atoms with E-state index in [0.29, 0.717) is 13.2 Å². The number of hydrogen-bond donors (Lipinski definition) is 2. The fourth-order valence-electron chi connectivity index (χ4n) is 2.51. The molecule has 0 amide bonds. The molecule has 0 unspecified atom stereocenters. The van der Waals surface area contributed by atoms with Crippen molar-refractivity contribution < 1.29 is 9.47 Å². The Morgan fingerprint density at radius 3 is 2.67 bits per heavy atom. The summed E-state index contributed by atoms with van der Waals surface area (Å²) in [5, 5.41) is 3.40. The number of aryl methyl sites for hydroxylation is 1. The predicted octanol–water partition coefficient (Wildman–Crippen LogP) is 3.00. The van der Waals surface area contributed by atoms with Crippen molar-refractivity contribution in [2.45, 2.75) is 13.3 Å². The molecule has 4 heteroatoms. The fourth-order valence-corrected chi connectivity index (χ4v) is 2.51. The van der Waals surface area contributed by atoms with Gasteiger partial charge in [0.1, 0.15) is 13.2 Å². The van der Waals surface area contributed by atoms with Gasteiger partial charge >= 0.3 is 0 Å². The number of anilines is 2. The maximum absolute atomic E-state index is 5.85. The summed E-state index contributed by atoms with van der Waals surface area (Å²) >= 11 is 0. The Morgan fingerprint density at radius 2 is 1.86 bits per heavy atom. The van der Waals surface area contributed by atoms with Crippen molar-refractivity contribution in [2.24, 2.45) is 0 Å². The second kappa shape index (κ2) is 5.95. The van der Waals surface area contributed by atoms with Crippen LogP contribution in [0, 0.1) is 6.92 Å². The third-order valence-corrected chi connectivity index (χ3v) is 3.45. The fraction of sp³-hybridized carbons (Fsp3) is 0.294. The molecule has 0 radical (unpaired) electrons. The SMILES string of the molecule is Cc1cc(N)cc(NCCc2ccc3c(c2)OCCO3)c1. The molecule has 110 valence electrons. The largest absolute Gasteiger partial charge is 0.486 e. The van der Waals surface area contributed by atoms with Crippen LogP contribution in [0.4, 0.5) is 11.4 Å². The van der Waals surface area contributed by atoms with Crippen LogP contribution in [0.15, 0.2) is 36.4 Å². The van der Waals surface area contributed by atoms with E-state index in [1.807, 2.05) is 25.1 Å². The molecule has 0 fully saturated rings. The standard InChI is InChI=1S/C17H20N2O2/c1-12-8-14(18)11-15(9-12)19-5-4-13-2-3-16-17(10-13)21-7-6-20-16/h2-3,8-11,19H,4-7,18H2,1H3. The summed E-state index contributed by atoms with van der Waals surface area (Å²) in [5.74, 6) is 1.68. The summed E-state index contributed by atoms with van der Waals surface area (Å²) in [6, 6.07) is 12.1. The molecule has 2 aromatic rings. The van der Waals surface area contributed by atoms with Crippen LogP contribution in [0.3, 0.4) is 0 Å². The molecule has 0 atom stereocenters. The summed E-state index contributed by atoms with van der Waals surface area (Å²) < 4.78 is 11.1. The summed E-state index contributed by atoms with van der Waals surface area (Å²) in [4.78, 5) is 0. The minimum Gasteiger partial charge on any atom is -0.486 e. The van der Waals surface area contributed by atoms with E-state index >= 15 is 0 Å². The highest BCUT2D eigenvalue weighted by molar-refractivity contribution is 5.56. The first-order valence-corrected chi connectivity index (χ1v) is 7.20. The minimum absolute atomic E-state index is 0.622. The van der Waals surface area contributed by atoms with Gasteiger partial charge in [-0.25, -0.2) is 0 Å². The average Bonchev–Trinajstić information content (AvgIpc) is 2.46. The molecule has 1 heterocycles. The topological polar surface area (TPSA) is 56.5 Å². The average molecular weight is 284 g/mol. The van der Waals surface area contributed by atoms with Crippen LogP contribution in [0.25, 0.3) is 0 Å². The lowest BCUT2D eigenvalue weighted by Crippen LogP contribution is -2.15. The molecule has 3 N–H and O–H groups in total. The first kappa shape index (κ1) is 13.6. The normalized spacial score (nSPS) is 13.0. The monoisotopic (exact) mass is 284 g/mol. The zero-order valence-corrected chi connectivity index (χ0v) is 12.2. The number of ether oxygens (including phenoxy) is 2. The van der Waals surface area contributed by atoms with Crippen LogP contribution in [0.2, 0.25) is 0 Å². The lowest BCUT2D eigenvalue weighted by Gasteiger charge is -2.19. The second-order valence-electron chi connectivity index (χ2n) is 5.29. The van der Waals surface area contributed by atoms with Crippen molar-refractivity contribution in [2.75, 3.05) is 30.8 Å². The number of nitrogen functional groups attached to an aromatic ring is 1. The Kier molecular flexibility index (Phi) is 3.86. The molecule has 0 aliphatic carbocycles. The Hall–Kier alpha value is -2.36. The molecule has 0 aromatic heterocycles. The number of nitrogens with two attached hydrogens (primary N) is 1. The van der Waals surface area contributed by atoms with E-state index < -0.39 is 0 Å². The van der Waals surface area contributed by atoms with E-state index in [9.17, 15) is 0 Å². The molecular formula is C17H20N2O2. The van der Waals surface area contributed by atoms with Crippen LogP contribution in [0.1, 0.15) is 11.1 Å². The zero-order chi connectivity index (χ0) is 14.7. The highest BCUT2D eigenvalue weighted by Crippen LogP contribution is 2.30. The Morgan fingerprint density at radius 1 is 1.05 bits per heavy atom. The zero-order valence-electron chi connectivity index (χ0n) is 12.2. The lowest BCUT2D eigenvalue weighted by molar-refractivity contribution is 0.171. The number of benzene rings is 2. The summed E-state index contributed by atoms with van der Waals surface area (Å²) in [5.41, 5.74) is 10.1. The first-order valence-electron chi connectivity index (χ1n) is 7.20. The van der Waals surface area contributed by atoms with Gasteiger partial charge in [-0.2, -0.15) is 0 Å². The maximum atomic E-state index is 5.85. The summed E-state index contributed by atoms with van der Waals surface area (Å²) in [6.45, 7) is 4.14. The quantitative estimate of drug-likeness (QED) is 0.847. The Balaban J connectivity index is 1.60. The van der Waals surface area contributed by atoms with Crippen LogP contribution in [-0.4, -0.2) is 19.8 Å². The van der Waals surface area contributed by atoms with Gasteiger partial charge in [-0.05, 0) is 54.8 Å². The van der Waals surface area contributed by atoms with Gasteiger partial charge in [-0.15, -0.1) is 0 Å². The molecular weight excluding hydrogens is 264 g/mol. The van der Waals surface area contributed by atoms with E-state index in [2.05, 4.69) is 23.5 Å². The van der Waals surface area contributed by atoms with Gasteiger partial charge in [0.15, 0.2) is 11.5 Å². The van der Waals surface area contributed by atoms with E-state index in [-0.39, 0.29) is 0 Å². The Labute approximate surface area is 124 Å². The van der Waals surface area contributed by atoms with Gasteiger partial charge in [-0.3, -0.25) is 0 Å². The maximum Gasteiger partial charge on any atom is 0.161 e. The molecule has 1 aliphatic heterocycles. The van der Waals surface area contributed by atoms with Crippen LogP contribution in [0.5, 0.6) is 11.5 Å². The highest BCUT2D eigenvalue weighted by atomic mass is 16.6. The van der Waals surface area contributed by atoms with Crippen molar-refractivity contribution in [3.8, 4) is 11.5 Å². The molecule has 2 aromatic carbocycles. The van der Waals surface area contributed by atoms with E-state index in [4.69, 9.17) is 15.2 Å². The third-order valence-electron chi connectivity index (χ3n) is 3.45. The second-order valence-corrected chi connectivity index (χ2v) is 5.29. The van der Waals surface area contributed by atoms with E-state index in [1.54, 1.807) is 0 Å². The van der Waals surface area contributed by atoms with Crippen molar-refractivity contribution in [3.05, 3.63) is 47.5 Å². The van der Waals surface area contributed by atoms with E-state index in [1.165, 1.54) is 5.56 Å². The molecule has 21 heavy (non-hydrogen) atoms. The van der Waals surface area contributed by atoms with Gasteiger partial charge < -0.3 is 20.5 Å². The van der Waals surface area contributed by atoms with Gasteiger partial charge in [0.05, 0.1) is 0 Å². The van der Waals surface area contributed by atoms with Crippen LogP contribution in [-0.2, 0) is 6.42 Å². The van der Waals surface area contributed by atoms with Gasteiger partial charge in [-0.1, -0.05) is 6.07 Å². The first-order chi connectivity index (χ1) is 10.2. The lowest BCUT2D eigenvalue weighted by atomic mass is 10.1. The highest BCUT2D eigenvalue weighted by Gasteiger charge is 2.11.